The SMILES string of the molecule is O=C(C1CN(c2ncccn2)CC12CCC2)N1CCN(c2cccc(Cl)c2)CC1. The first kappa shape index (κ1) is 18.7. The summed E-state index contributed by atoms with van der Waals surface area (Å²) in [4.78, 5) is 28.9. The number of hydrogen-bond donors (Lipinski definition) is 0. The number of amides is 1. The number of piperazine rings is 1. The van der Waals surface area contributed by atoms with Gasteiger partial charge in [-0.3, -0.25) is 4.79 Å². The number of rotatable bonds is 3. The number of aromatic nitrogens is 2. The van der Waals surface area contributed by atoms with Gasteiger partial charge in [0.1, 0.15) is 0 Å². The molecule has 3 aliphatic rings. The molecule has 2 aliphatic heterocycles. The van der Waals surface area contributed by atoms with Crippen molar-refractivity contribution >= 4 is 29.1 Å². The number of anilines is 2. The standard InChI is InChI=1S/C22H26ClN5O/c23-17-4-1-5-18(14-17)26-10-12-27(13-11-26)20(29)19-15-28(16-22(19)6-2-7-22)21-24-8-3-9-25-21/h1,3-5,8-9,14,19H,2,6-7,10-13,15-16H2. The van der Waals surface area contributed by atoms with Crippen molar-refractivity contribution in [3.8, 4) is 0 Å². The van der Waals surface area contributed by atoms with E-state index in [2.05, 4.69) is 30.7 Å². The lowest BCUT2D eigenvalue weighted by atomic mass is 9.62. The molecule has 0 radical (unpaired) electrons. The predicted octanol–water partition coefficient (Wildman–Crippen LogP) is 3.09. The number of nitrogens with zero attached hydrogens (tertiary/aromatic N) is 5. The molecule has 2 saturated heterocycles. The lowest BCUT2D eigenvalue weighted by Crippen LogP contribution is -2.53. The molecule has 5 rings (SSSR count). The van der Waals surface area contributed by atoms with Crippen LogP contribution in [0, 0.1) is 11.3 Å². The highest BCUT2D eigenvalue weighted by atomic mass is 35.5. The van der Waals surface area contributed by atoms with Gasteiger partial charge in [0, 0.05) is 67.8 Å². The first-order chi connectivity index (χ1) is 14.1. The van der Waals surface area contributed by atoms with E-state index in [-0.39, 0.29) is 11.3 Å². The van der Waals surface area contributed by atoms with Crippen molar-refractivity contribution in [3.05, 3.63) is 47.7 Å². The van der Waals surface area contributed by atoms with E-state index in [9.17, 15) is 4.79 Å². The van der Waals surface area contributed by atoms with E-state index in [1.54, 1.807) is 12.4 Å². The minimum Gasteiger partial charge on any atom is -0.368 e. The molecule has 7 heteroatoms. The highest BCUT2D eigenvalue weighted by Crippen LogP contribution is 2.52. The summed E-state index contributed by atoms with van der Waals surface area (Å²) >= 11 is 6.14. The monoisotopic (exact) mass is 411 g/mol. The fraction of sp³-hybridized carbons (Fsp3) is 0.500. The highest BCUT2D eigenvalue weighted by molar-refractivity contribution is 6.30. The molecule has 3 fully saturated rings. The van der Waals surface area contributed by atoms with Crippen molar-refractivity contribution in [3.63, 3.8) is 0 Å². The molecule has 0 bridgehead atoms. The van der Waals surface area contributed by atoms with Crippen LogP contribution in [0.2, 0.25) is 5.02 Å². The first-order valence-corrected chi connectivity index (χ1v) is 10.8. The highest BCUT2D eigenvalue weighted by Gasteiger charge is 2.54. The summed E-state index contributed by atoms with van der Waals surface area (Å²) in [6.45, 7) is 4.85. The third-order valence-corrected chi connectivity index (χ3v) is 7.13. The second-order valence-corrected chi connectivity index (χ2v) is 8.93. The Morgan fingerprint density at radius 3 is 2.45 bits per heavy atom. The van der Waals surface area contributed by atoms with Crippen LogP contribution in [-0.4, -0.2) is 60.0 Å². The Kier molecular flexibility index (Phi) is 4.82. The normalized spacial score (nSPS) is 23.3. The Morgan fingerprint density at radius 2 is 1.79 bits per heavy atom. The van der Waals surface area contributed by atoms with Gasteiger partial charge >= 0.3 is 0 Å². The minimum absolute atomic E-state index is 0.0535. The molecular formula is C22H26ClN5O. The molecule has 29 heavy (non-hydrogen) atoms. The average molecular weight is 412 g/mol. The Labute approximate surface area is 176 Å². The van der Waals surface area contributed by atoms with E-state index in [0.717, 1.165) is 68.8 Å². The molecule has 1 unspecified atom stereocenters. The average Bonchev–Trinajstić information content (AvgIpc) is 3.16. The smallest absolute Gasteiger partial charge is 0.228 e. The zero-order chi connectivity index (χ0) is 19.8. The van der Waals surface area contributed by atoms with E-state index >= 15 is 0 Å². The van der Waals surface area contributed by atoms with Crippen LogP contribution in [0.3, 0.4) is 0 Å². The van der Waals surface area contributed by atoms with Crippen molar-refractivity contribution in [1.82, 2.24) is 14.9 Å². The second-order valence-electron chi connectivity index (χ2n) is 8.49. The summed E-state index contributed by atoms with van der Waals surface area (Å²) in [5, 5.41) is 0.752. The minimum atomic E-state index is 0.0535. The summed E-state index contributed by atoms with van der Waals surface area (Å²) in [5.41, 5.74) is 1.24. The van der Waals surface area contributed by atoms with Crippen molar-refractivity contribution in [2.24, 2.45) is 11.3 Å². The van der Waals surface area contributed by atoms with Crippen LogP contribution in [0.25, 0.3) is 0 Å². The molecule has 1 spiro atoms. The molecule has 6 nitrogen and oxygen atoms in total. The van der Waals surface area contributed by atoms with Gasteiger partial charge in [-0.1, -0.05) is 24.1 Å². The second kappa shape index (κ2) is 7.48. The van der Waals surface area contributed by atoms with Crippen LogP contribution in [0.15, 0.2) is 42.7 Å². The topological polar surface area (TPSA) is 52.6 Å². The van der Waals surface area contributed by atoms with Crippen LogP contribution in [0.4, 0.5) is 11.6 Å². The van der Waals surface area contributed by atoms with Gasteiger partial charge in [0.25, 0.3) is 0 Å². The Balaban J connectivity index is 1.27. The molecule has 3 heterocycles. The lowest BCUT2D eigenvalue weighted by molar-refractivity contribution is -0.140. The zero-order valence-corrected chi connectivity index (χ0v) is 17.3. The van der Waals surface area contributed by atoms with Crippen LogP contribution in [-0.2, 0) is 4.79 Å². The summed E-state index contributed by atoms with van der Waals surface area (Å²) in [5.74, 6) is 1.12. The van der Waals surface area contributed by atoms with Crippen molar-refractivity contribution in [1.29, 1.82) is 0 Å². The number of halogens is 1. The summed E-state index contributed by atoms with van der Waals surface area (Å²) < 4.78 is 0. The molecule has 152 valence electrons. The molecule has 1 atom stereocenters. The third kappa shape index (κ3) is 3.44. The summed E-state index contributed by atoms with van der Waals surface area (Å²) in [6.07, 6.45) is 7.04. The van der Waals surface area contributed by atoms with E-state index in [4.69, 9.17) is 11.6 Å². The van der Waals surface area contributed by atoms with Crippen LogP contribution in [0.5, 0.6) is 0 Å². The number of carbonyl (C=O) groups is 1. The molecular weight excluding hydrogens is 386 g/mol. The van der Waals surface area contributed by atoms with Crippen molar-refractivity contribution in [2.45, 2.75) is 19.3 Å². The van der Waals surface area contributed by atoms with Gasteiger partial charge in [0.05, 0.1) is 5.92 Å². The van der Waals surface area contributed by atoms with Gasteiger partial charge in [-0.2, -0.15) is 0 Å². The number of carbonyl (C=O) groups excluding carboxylic acids is 1. The quantitative estimate of drug-likeness (QED) is 0.776. The fourth-order valence-electron chi connectivity index (χ4n) is 5.13. The largest absolute Gasteiger partial charge is 0.368 e. The summed E-state index contributed by atoms with van der Waals surface area (Å²) in [7, 11) is 0. The lowest BCUT2D eigenvalue weighted by Gasteiger charge is -2.44. The maximum Gasteiger partial charge on any atom is 0.228 e. The van der Waals surface area contributed by atoms with Gasteiger partial charge in [0.2, 0.25) is 11.9 Å². The zero-order valence-electron chi connectivity index (χ0n) is 16.5. The molecule has 2 aromatic rings. The fourth-order valence-corrected chi connectivity index (χ4v) is 5.32. The van der Waals surface area contributed by atoms with E-state index < -0.39 is 0 Å². The number of hydrogen-bond acceptors (Lipinski definition) is 5. The van der Waals surface area contributed by atoms with Gasteiger partial charge in [-0.25, -0.2) is 9.97 Å². The maximum atomic E-state index is 13.5. The van der Waals surface area contributed by atoms with Gasteiger partial charge in [-0.05, 0) is 37.1 Å². The van der Waals surface area contributed by atoms with Crippen LogP contribution in [0.1, 0.15) is 19.3 Å². The van der Waals surface area contributed by atoms with Crippen LogP contribution < -0.4 is 9.80 Å². The van der Waals surface area contributed by atoms with Gasteiger partial charge in [0.15, 0.2) is 0 Å². The molecule has 1 saturated carbocycles. The van der Waals surface area contributed by atoms with Gasteiger partial charge in [-0.15, -0.1) is 0 Å². The van der Waals surface area contributed by atoms with E-state index in [1.165, 1.54) is 6.42 Å². The third-order valence-electron chi connectivity index (χ3n) is 6.90. The summed E-state index contributed by atoms with van der Waals surface area (Å²) in [6, 6.07) is 9.79. The number of benzene rings is 1. The first-order valence-electron chi connectivity index (χ1n) is 10.5. The Morgan fingerprint density at radius 1 is 1.03 bits per heavy atom. The van der Waals surface area contributed by atoms with Crippen molar-refractivity contribution in [2.75, 3.05) is 49.1 Å². The van der Waals surface area contributed by atoms with E-state index in [1.807, 2.05) is 24.3 Å². The molecule has 1 aliphatic carbocycles. The Hall–Kier alpha value is -2.34. The predicted molar refractivity (Wildman–Crippen MR) is 114 cm³/mol. The molecule has 1 aromatic carbocycles. The van der Waals surface area contributed by atoms with E-state index in [0.29, 0.717) is 5.91 Å². The van der Waals surface area contributed by atoms with Crippen molar-refractivity contribution < 1.29 is 4.79 Å². The molecule has 1 aromatic heterocycles. The molecule has 0 N–H and O–H groups in total. The molecule has 1 amide bonds. The maximum absolute atomic E-state index is 13.5. The van der Waals surface area contributed by atoms with Crippen LogP contribution >= 0.6 is 11.6 Å². The Bertz CT molecular complexity index is 880. The van der Waals surface area contributed by atoms with Gasteiger partial charge < -0.3 is 14.7 Å².